The Morgan fingerprint density at radius 1 is 1.14 bits per heavy atom. The highest BCUT2D eigenvalue weighted by molar-refractivity contribution is 7.81. The number of nitrogen functional groups attached to an aromatic ring is 1. The molecular formula is C20H17F3N4OS. The average Bonchev–Trinajstić information content (AvgIpc) is 2.80. The number of anilines is 3. The van der Waals surface area contributed by atoms with Gasteiger partial charge in [0.15, 0.2) is 5.11 Å². The van der Waals surface area contributed by atoms with Gasteiger partial charge in [0, 0.05) is 11.4 Å². The number of carbonyl (C=O) groups excluding carboxylic acids is 1. The summed E-state index contributed by atoms with van der Waals surface area (Å²) in [5.41, 5.74) is 3.88. The number of nitrogens with two attached hydrogens (primary N) is 1. The van der Waals surface area contributed by atoms with Crippen LogP contribution in [0.15, 0.2) is 36.4 Å². The molecule has 0 aliphatic carbocycles. The molecule has 1 aliphatic heterocycles. The third kappa shape index (κ3) is 3.19. The molecule has 1 heterocycles. The predicted octanol–water partition coefficient (Wildman–Crippen LogP) is 4.38. The summed E-state index contributed by atoms with van der Waals surface area (Å²) < 4.78 is 40.7. The van der Waals surface area contributed by atoms with Crippen LogP contribution >= 0.6 is 12.2 Å². The van der Waals surface area contributed by atoms with Gasteiger partial charge in [0.2, 0.25) is 0 Å². The Balaban J connectivity index is 2.18. The van der Waals surface area contributed by atoms with Crippen LogP contribution in [0.25, 0.3) is 0 Å². The topological polar surface area (TPSA) is 73.4 Å². The maximum absolute atomic E-state index is 13.6. The zero-order valence-electron chi connectivity index (χ0n) is 15.8. The molecule has 0 radical (unpaired) electrons. The van der Waals surface area contributed by atoms with Crippen LogP contribution in [0, 0.1) is 18.3 Å². The predicted molar refractivity (Wildman–Crippen MR) is 108 cm³/mol. The van der Waals surface area contributed by atoms with Gasteiger partial charge in [0.05, 0.1) is 22.9 Å². The van der Waals surface area contributed by atoms with Gasteiger partial charge in [-0.15, -0.1) is 0 Å². The Morgan fingerprint density at radius 3 is 2.24 bits per heavy atom. The van der Waals surface area contributed by atoms with Crippen LogP contribution in [-0.4, -0.2) is 16.6 Å². The van der Waals surface area contributed by atoms with Crippen LogP contribution in [-0.2, 0) is 11.0 Å². The molecule has 0 spiro atoms. The Labute approximate surface area is 171 Å². The van der Waals surface area contributed by atoms with E-state index in [9.17, 15) is 18.0 Å². The van der Waals surface area contributed by atoms with E-state index in [1.807, 2.05) is 0 Å². The number of alkyl halides is 3. The minimum Gasteiger partial charge on any atom is -0.399 e. The summed E-state index contributed by atoms with van der Waals surface area (Å²) >= 11 is 5.50. The second kappa shape index (κ2) is 6.74. The smallest absolute Gasteiger partial charge is 0.399 e. The molecule has 9 heteroatoms. The zero-order valence-corrected chi connectivity index (χ0v) is 16.6. The summed E-state index contributed by atoms with van der Waals surface area (Å²) in [7, 11) is 0. The van der Waals surface area contributed by atoms with E-state index in [0.29, 0.717) is 11.4 Å². The van der Waals surface area contributed by atoms with Gasteiger partial charge in [-0.05, 0) is 75.0 Å². The van der Waals surface area contributed by atoms with E-state index in [4.69, 9.17) is 23.2 Å². The fourth-order valence-corrected chi connectivity index (χ4v) is 3.98. The maximum Gasteiger partial charge on any atom is 0.418 e. The first kappa shape index (κ1) is 20.6. The van der Waals surface area contributed by atoms with Crippen molar-refractivity contribution < 1.29 is 18.0 Å². The molecule has 1 aliphatic rings. The van der Waals surface area contributed by atoms with Gasteiger partial charge in [-0.25, -0.2) is 0 Å². The molecule has 2 N–H and O–H groups in total. The van der Waals surface area contributed by atoms with Crippen molar-refractivity contribution in [1.29, 1.82) is 5.26 Å². The quantitative estimate of drug-likeness (QED) is 0.579. The van der Waals surface area contributed by atoms with E-state index in [1.54, 1.807) is 49.1 Å². The molecule has 5 nitrogen and oxygen atoms in total. The van der Waals surface area contributed by atoms with Crippen molar-refractivity contribution >= 4 is 40.3 Å². The summed E-state index contributed by atoms with van der Waals surface area (Å²) in [6.07, 6.45) is -4.75. The largest absolute Gasteiger partial charge is 0.418 e. The van der Waals surface area contributed by atoms with Gasteiger partial charge in [-0.1, -0.05) is 0 Å². The number of thiocarbonyl (C=S) groups is 1. The summed E-state index contributed by atoms with van der Waals surface area (Å²) in [6.45, 7) is 4.51. The minimum absolute atomic E-state index is 0.00246. The number of nitriles is 1. The van der Waals surface area contributed by atoms with Gasteiger partial charge < -0.3 is 10.6 Å². The minimum atomic E-state index is -4.75. The molecule has 2 aromatic carbocycles. The standard InChI is InChI=1S/C20H17F3N4OS/c1-11-15(9-4-12(10-24)16(11)20(21,22)23)26-17(28)19(2,3)27(18(26)29)14-7-5-13(25)6-8-14/h4-9H,25H2,1-3H3. The molecule has 0 atom stereocenters. The fourth-order valence-electron chi connectivity index (χ4n) is 3.47. The van der Waals surface area contributed by atoms with Gasteiger partial charge in [-0.2, -0.15) is 18.4 Å². The molecular weight excluding hydrogens is 401 g/mol. The highest BCUT2D eigenvalue weighted by Gasteiger charge is 2.51. The van der Waals surface area contributed by atoms with E-state index in [2.05, 4.69) is 0 Å². The first-order valence-corrected chi connectivity index (χ1v) is 8.97. The molecule has 29 heavy (non-hydrogen) atoms. The normalized spacial score (nSPS) is 16.3. The lowest BCUT2D eigenvalue weighted by atomic mass is 9.98. The molecule has 3 rings (SSSR count). The monoisotopic (exact) mass is 418 g/mol. The number of hydrogen-bond acceptors (Lipinski definition) is 4. The van der Waals surface area contributed by atoms with Crippen molar-refractivity contribution in [1.82, 2.24) is 0 Å². The van der Waals surface area contributed by atoms with Crippen LogP contribution in [0.2, 0.25) is 0 Å². The Hall–Kier alpha value is -3.12. The lowest BCUT2D eigenvalue weighted by Crippen LogP contribution is -2.44. The number of halogens is 3. The van der Waals surface area contributed by atoms with E-state index in [1.165, 1.54) is 13.0 Å². The number of benzene rings is 2. The third-order valence-electron chi connectivity index (χ3n) is 4.90. The van der Waals surface area contributed by atoms with Crippen molar-refractivity contribution in [3.05, 3.63) is 53.1 Å². The number of hydrogen-bond donors (Lipinski definition) is 1. The summed E-state index contributed by atoms with van der Waals surface area (Å²) in [5, 5.41) is 9.13. The molecule has 1 saturated heterocycles. The first-order chi connectivity index (χ1) is 13.4. The van der Waals surface area contributed by atoms with E-state index in [-0.39, 0.29) is 16.4 Å². The molecule has 0 saturated carbocycles. The second-order valence-corrected chi connectivity index (χ2v) is 7.52. The molecule has 1 amide bonds. The van der Waals surface area contributed by atoms with Gasteiger partial charge in [0.25, 0.3) is 5.91 Å². The maximum atomic E-state index is 13.6. The van der Waals surface area contributed by atoms with Gasteiger partial charge in [0.1, 0.15) is 5.54 Å². The Morgan fingerprint density at radius 2 is 1.72 bits per heavy atom. The van der Waals surface area contributed by atoms with Crippen molar-refractivity contribution in [3.8, 4) is 6.07 Å². The third-order valence-corrected chi connectivity index (χ3v) is 5.27. The average molecular weight is 418 g/mol. The van der Waals surface area contributed by atoms with Crippen molar-refractivity contribution in [2.75, 3.05) is 15.5 Å². The number of rotatable bonds is 2. The van der Waals surface area contributed by atoms with Gasteiger partial charge >= 0.3 is 6.18 Å². The van der Waals surface area contributed by atoms with E-state index >= 15 is 0 Å². The highest BCUT2D eigenvalue weighted by Crippen LogP contribution is 2.42. The van der Waals surface area contributed by atoms with E-state index in [0.717, 1.165) is 11.0 Å². The Kier molecular flexibility index (Phi) is 4.79. The molecule has 0 aromatic heterocycles. The molecule has 2 aromatic rings. The van der Waals surface area contributed by atoms with Crippen LogP contribution in [0.3, 0.4) is 0 Å². The van der Waals surface area contributed by atoms with Crippen molar-refractivity contribution in [3.63, 3.8) is 0 Å². The lowest BCUT2D eigenvalue weighted by Gasteiger charge is -2.29. The summed E-state index contributed by atoms with van der Waals surface area (Å²) in [6, 6.07) is 10.6. The summed E-state index contributed by atoms with van der Waals surface area (Å²) in [4.78, 5) is 15.9. The molecule has 150 valence electrons. The van der Waals surface area contributed by atoms with Crippen LogP contribution < -0.4 is 15.5 Å². The second-order valence-electron chi connectivity index (χ2n) is 7.15. The highest BCUT2D eigenvalue weighted by atomic mass is 32.1. The molecule has 0 bridgehead atoms. The fraction of sp³-hybridized carbons (Fsp3) is 0.250. The van der Waals surface area contributed by atoms with Crippen molar-refractivity contribution in [2.45, 2.75) is 32.5 Å². The van der Waals surface area contributed by atoms with Crippen LogP contribution in [0.4, 0.5) is 30.2 Å². The molecule has 1 fully saturated rings. The van der Waals surface area contributed by atoms with Crippen LogP contribution in [0.5, 0.6) is 0 Å². The van der Waals surface area contributed by atoms with Gasteiger partial charge in [-0.3, -0.25) is 9.69 Å². The Bertz CT molecular complexity index is 1060. The number of carbonyl (C=O) groups is 1. The first-order valence-electron chi connectivity index (χ1n) is 8.56. The van der Waals surface area contributed by atoms with Crippen molar-refractivity contribution in [2.24, 2.45) is 0 Å². The zero-order chi connectivity index (χ0) is 21.7. The number of nitrogens with zero attached hydrogens (tertiary/aromatic N) is 3. The number of amides is 1. The molecule has 0 unspecified atom stereocenters. The SMILES string of the molecule is Cc1c(N2C(=O)C(C)(C)N(c3ccc(N)cc3)C2=S)ccc(C#N)c1C(F)(F)F. The lowest BCUT2D eigenvalue weighted by molar-refractivity contribution is -0.138. The summed E-state index contributed by atoms with van der Waals surface area (Å²) in [5.74, 6) is -0.472. The van der Waals surface area contributed by atoms with E-state index < -0.39 is 28.7 Å². The van der Waals surface area contributed by atoms with Crippen LogP contribution in [0.1, 0.15) is 30.5 Å².